The number of thiophene rings is 1. The molecule has 26 heavy (non-hydrogen) atoms. The minimum absolute atomic E-state index is 0.0896. The Hall–Kier alpha value is -2.25. The van der Waals surface area contributed by atoms with Gasteiger partial charge < -0.3 is 4.90 Å². The maximum atomic E-state index is 13.0. The van der Waals surface area contributed by atoms with Crippen LogP contribution in [0.15, 0.2) is 41.8 Å². The predicted octanol–water partition coefficient (Wildman–Crippen LogP) is 4.34. The monoisotopic (exact) mass is 384 g/mol. The van der Waals surface area contributed by atoms with Gasteiger partial charge in [-0.15, -0.1) is 11.3 Å². The van der Waals surface area contributed by atoms with Gasteiger partial charge in [-0.1, -0.05) is 35.9 Å². The number of amides is 1. The number of carbonyl (C=O) groups is 1. The molecule has 4 rings (SSSR count). The van der Waals surface area contributed by atoms with Crippen LogP contribution in [0.5, 0.6) is 0 Å². The number of carbonyl (C=O) groups excluding carboxylic acids is 1. The van der Waals surface area contributed by atoms with Crippen LogP contribution in [0.3, 0.4) is 0 Å². The van der Waals surface area contributed by atoms with Crippen molar-refractivity contribution in [3.05, 3.63) is 57.0 Å². The maximum Gasteiger partial charge on any atom is 0.243 e. The summed E-state index contributed by atoms with van der Waals surface area (Å²) in [6.07, 6.45) is 2.06. The van der Waals surface area contributed by atoms with Crippen molar-refractivity contribution in [3.63, 3.8) is 0 Å². The van der Waals surface area contributed by atoms with E-state index < -0.39 is 0 Å². The van der Waals surface area contributed by atoms with Crippen molar-refractivity contribution >= 4 is 29.5 Å². The van der Waals surface area contributed by atoms with Gasteiger partial charge in [-0.2, -0.15) is 5.10 Å². The van der Waals surface area contributed by atoms with Crippen molar-refractivity contribution in [2.45, 2.75) is 32.4 Å². The van der Waals surface area contributed by atoms with Gasteiger partial charge in [0.15, 0.2) is 10.6 Å². The molecule has 0 radical (unpaired) electrons. The lowest BCUT2D eigenvalue weighted by molar-refractivity contribution is -0.132. The molecule has 134 valence electrons. The molecule has 1 atom stereocenters. The zero-order chi connectivity index (χ0) is 18.1. The minimum Gasteiger partial charge on any atom is -0.333 e. The van der Waals surface area contributed by atoms with Gasteiger partial charge in [-0.05, 0) is 43.4 Å². The van der Waals surface area contributed by atoms with Crippen LogP contribution in [0.4, 0.5) is 0 Å². The summed E-state index contributed by atoms with van der Waals surface area (Å²) >= 11 is 7.09. The first-order valence-corrected chi connectivity index (χ1v) is 9.97. The number of H-pyrrole nitrogens is 1. The van der Waals surface area contributed by atoms with Crippen molar-refractivity contribution < 1.29 is 4.79 Å². The van der Waals surface area contributed by atoms with Crippen molar-refractivity contribution in [2.75, 3.05) is 6.54 Å². The molecule has 0 spiro atoms. The number of nitrogens with one attached hydrogen (secondary N) is 1. The normalized spacial score (nSPS) is 17.0. The molecule has 1 fully saturated rings. The van der Waals surface area contributed by atoms with Crippen LogP contribution in [0.2, 0.25) is 0 Å². The first-order valence-electron chi connectivity index (χ1n) is 8.68. The number of aromatic nitrogens is 3. The van der Waals surface area contributed by atoms with E-state index in [4.69, 9.17) is 12.2 Å². The smallest absolute Gasteiger partial charge is 0.243 e. The largest absolute Gasteiger partial charge is 0.333 e. The highest BCUT2D eigenvalue weighted by atomic mass is 32.1. The van der Waals surface area contributed by atoms with Crippen LogP contribution >= 0.6 is 23.6 Å². The molecule has 1 aliphatic rings. The fourth-order valence-corrected chi connectivity index (χ4v) is 4.53. The Morgan fingerprint density at radius 2 is 2.15 bits per heavy atom. The number of hydrogen-bond acceptors (Lipinski definition) is 4. The van der Waals surface area contributed by atoms with Gasteiger partial charge in [0, 0.05) is 17.0 Å². The standard InChI is InChI=1S/C19H20N4OS2/c1-13-6-8-14(9-7-13)18-20-21-19(25)23(18)12-17(24)22-10-2-4-15(22)16-5-3-11-26-16/h3,5-9,11,15H,2,4,10,12H2,1H3,(H,21,25). The topological polar surface area (TPSA) is 53.9 Å². The lowest BCUT2D eigenvalue weighted by Gasteiger charge is -2.24. The number of benzene rings is 1. The van der Waals surface area contributed by atoms with E-state index in [-0.39, 0.29) is 18.5 Å². The fraction of sp³-hybridized carbons (Fsp3) is 0.316. The van der Waals surface area contributed by atoms with Crippen LogP contribution in [0, 0.1) is 11.7 Å². The number of rotatable bonds is 4. The highest BCUT2D eigenvalue weighted by molar-refractivity contribution is 7.71. The molecule has 7 heteroatoms. The second-order valence-corrected chi connectivity index (χ2v) is 7.93. The van der Waals surface area contributed by atoms with Gasteiger partial charge in [-0.25, -0.2) is 0 Å². The van der Waals surface area contributed by atoms with Gasteiger partial charge in [0.2, 0.25) is 5.91 Å². The Kier molecular flexibility index (Phi) is 4.74. The van der Waals surface area contributed by atoms with Crippen LogP contribution in [0.1, 0.15) is 29.3 Å². The third kappa shape index (κ3) is 3.24. The molecule has 1 amide bonds. The molecule has 1 aromatic carbocycles. The number of aryl methyl sites for hydroxylation is 1. The Morgan fingerprint density at radius 1 is 1.35 bits per heavy atom. The van der Waals surface area contributed by atoms with Gasteiger partial charge in [0.25, 0.3) is 0 Å². The Balaban J connectivity index is 1.59. The quantitative estimate of drug-likeness (QED) is 0.681. The van der Waals surface area contributed by atoms with E-state index in [9.17, 15) is 4.79 Å². The molecule has 1 unspecified atom stereocenters. The molecule has 0 aliphatic carbocycles. The molecular weight excluding hydrogens is 364 g/mol. The summed E-state index contributed by atoms with van der Waals surface area (Å²) in [5.74, 6) is 0.794. The average molecular weight is 385 g/mol. The van der Waals surface area contributed by atoms with E-state index >= 15 is 0 Å². The van der Waals surface area contributed by atoms with Crippen LogP contribution < -0.4 is 0 Å². The van der Waals surface area contributed by atoms with E-state index in [0.29, 0.717) is 10.6 Å². The first kappa shape index (κ1) is 17.2. The van der Waals surface area contributed by atoms with Crippen molar-refractivity contribution in [2.24, 2.45) is 0 Å². The van der Waals surface area contributed by atoms with E-state index in [1.54, 1.807) is 15.9 Å². The number of aromatic amines is 1. The van der Waals surface area contributed by atoms with Crippen molar-refractivity contribution in [3.8, 4) is 11.4 Å². The van der Waals surface area contributed by atoms with Gasteiger partial charge in [-0.3, -0.25) is 14.5 Å². The highest BCUT2D eigenvalue weighted by Crippen LogP contribution is 2.34. The molecule has 1 saturated heterocycles. The number of hydrogen-bond donors (Lipinski definition) is 1. The van der Waals surface area contributed by atoms with E-state index in [0.717, 1.165) is 24.9 Å². The summed E-state index contributed by atoms with van der Waals surface area (Å²) in [6, 6.07) is 12.4. The predicted molar refractivity (Wildman–Crippen MR) is 106 cm³/mol. The lowest BCUT2D eigenvalue weighted by atomic mass is 10.1. The SMILES string of the molecule is Cc1ccc(-c2n[nH]c(=S)n2CC(=O)N2CCCC2c2cccs2)cc1. The molecular formula is C19H20N4OS2. The number of nitrogens with zero attached hydrogens (tertiary/aromatic N) is 3. The summed E-state index contributed by atoms with van der Waals surface area (Å²) in [4.78, 5) is 16.3. The van der Waals surface area contributed by atoms with Crippen molar-refractivity contribution in [1.29, 1.82) is 0 Å². The molecule has 2 aromatic heterocycles. The van der Waals surface area contributed by atoms with Gasteiger partial charge in [0.1, 0.15) is 6.54 Å². The molecule has 3 heterocycles. The van der Waals surface area contributed by atoms with Gasteiger partial charge >= 0.3 is 0 Å². The summed E-state index contributed by atoms with van der Waals surface area (Å²) in [5, 5.41) is 9.24. The summed E-state index contributed by atoms with van der Waals surface area (Å²) in [5.41, 5.74) is 2.13. The minimum atomic E-state index is 0.0896. The Bertz CT molecular complexity index is 956. The van der Waals surface area contributed by atoms with Crippen LogP contribution in [-0.2, 0) is 11.3 Å². The molecule has 1 aliphatic heterocycles. The summed E-state index contributed by atoms with van der Waals surface area (Å²) in [6.45, 7) is 3.05. The van der Waals surface area contributed by atoms with E-state index in [2.05, 4.69) is 21.6 Å². The third-order valence-corrected chi connectivity index (χ3v) is 6.09. The van der Waals surface area contributed by atoms with E-state index in [1.165, 1.54) is 10.4 Å². The van der Waals surface area contributed by atoms with Crippen LogP contribution in [-0.4, -0.2) is 32.1 Å². The van der Waals surface area contributed by atoms with Crippen molar-refractivity contribution in [1.82, 2.24) is 19.7 Å². The molecule has 0 saturated carbocycles. The maximum absolute atomic E-state index is 13.0. The molecule has 3 aromatic rings. The zero-order valence-corrected chi connectivity index (χ0v) is 16.1. The molecule has 0 bridgehead atoms. The second-order valence-electron chi connectivity index (χ2n) is 6.57. The summed E-state index contributed by atoms with van der Waals surface area (Å²) < 4.78 is 2.27. The Labute approximate surface area is 161 Å². The van der Waals surface area contributed by atoms with Crippen LogP contribution in [0.25, 0.3) is 11.4 Å². The van der Waals surface area contributed by atoms with E-state index in [1.807, 2.05) is 42.2 Å². The van der Waals surface area contributed by atoms with Gasteiger partial charge in [0.05, 0.1) is 6.04 Å². The Morgan fingerprint density at radius 3 is 2.88 bits per heavy atom. The molecule has 1 N–H and O–H groups in total. The highest BCUT2D eigenvalue weighted by Gasteiger charge is 2.31. The third-order valence-electron chi connectivity index (χ3n) is 4.81. The summed E-state index contributed by atoms with van der Waals surface area (Å²) in [7, 11) is 0. The number of likely N-dealkylation sites (tertiary alicyclic amines) is 1. The first-order chi connectivity index (χ1) is 12.6. The molecule has 5 nitrogen and oxygen atoms in total. The average Bonchev–Trinajstić information content (AvgIpc) is 3.37. The zero-order valence-electron chi connectivity index (χ0n) is 14.5. The fourth-order valence-electron chi connectivity index (χ4n) is 3.46. The second kappa shape index (κ2) is 7.17. The lowest BCUT2D eigenvalue weighted by Crippen LogP contribution is -2.33.